The molecule has 2 aromatic carbocycles. The number of ketones is 1. The van der Waals surface area contributed by atoms with E-state index >= 15 is 0 Å². The van der Waals surface area contributed by atoms with Crippen LogP contribution in [0.2, 0.25) is 5.02 Å². The summed E-state index contributed by atoms with van der Waals surface area (Å²) in [4.78, 5) is 24.0. The third-order valence-electron chi connectivity index (χ3n) is 3.42. The number of hydrogen-bond acceptors (Lipinski definition) is 3. The van der Waals surface area contributed by atoms with Crippen molar-refractivity contribution in [1.82, 2.24) is 0 Å². The first-order chi connectivity index (χ1) is 9.94. The fraction of sp³-hybridized carbons (Fsp3) is 0.125. The fourth-order valence-corrected chi connectivity index (χ4v) is 2.77. The number of nitrogen functional groups attached to an aromatic ring is 1. The molecule has 0 spiro atoms. The molecular weight excluding hydrogens is 288 g/mol. The quantitative estimate of drug-likeness (QED) is 0.661. The van der Waals surface area contributed by atoms with Gasteiger partial charge in [0.05, 0.1) is 11.4 Å². The Balaban J connectivity index is 2.06. The first kappa shape index (κ1) is 13.6. The largest absolute Gasteiger partial charge is 0.399 e. The Morgan fingerprint density at radius 1 is 1.24 bits per heavy atom. The maximum Gasteiger partial charge on any atom is 0.228 e. The van der Waals surface area contributed by atoms with E-state index < -0.39 is 0 Å². The molecule has 1 amide bonds. The number of nitrogens with one attached hydrogen (secondary N) is 1. The lowest BCUT2D eigenvalue weighted by Crippen LogP contribution is -2.04. The van der Waals surface area contributed by atoms with Crippen LogP contribution < -0.4 is 11.1 Å². The van der Waals surface area contributed by atoms with Gasteiger partial charge in [-0.25, -0.2) is 0 Å². The lowest BCUT2D eigenvalue weighted by atomic mass is 9.98. The monoisotopic (exact) mass is 300 g/mol. The Labute approximate surface area is 126 Å². The van der Waals surface area contributed by atoms with Gasteiger partial charge in [0.25, 0.3) is 0 Å². The Bertz CT molecular complexity index is 764. The minimum absolute atomic E-state index is 0.0922. The molecule has 0 saturated heterocycles. The number of rotatable bonds is 2. The minimum Gasteiger partial charge on any atom is -0.399 e. The van der Waals surface area contributed by atoms with Crippen LogP contribution in [0.25, 0.3) is 0 Å². The van der Waals surface area contributed by atoms with Crippen LogP contribution in [0.3, 0.4) is 0 Å². The standard InChI is InChI=1S/C16H13ClN2O2/c1-8-2-10(4-11(18)3-8)16(21)12-5-9-6-15(20)19-14(9)7-13(12)17/h2-5,7H,6,18H2,1H3,(H,19,20). The predicted octanol–water partition coefficient (Wildman–Crippen LogP) is 2.96. The highest BCUT2D eigenvalue weighted by molar-refractivity contribution is 6.35. The third kappa shape index (κ3) is 2.50. The molecule has 0 aromatic heterocycles. The van der Waals surface area contributed by atoms with E-state index in [0.29, 0.717) is 27.5 Å². The molecule has 0 aliphatic carbocycles. The van der Waals surface area contributed by atoms with Gasteiger partial charge in [0.1, 0.15) is 0 Å². The molecule has 3 rings (SSSR count). The summed E-state index contributed by atoms with van der Waals surface area (Å²) in [6.45, 7) is 1.88. The van der Waals surface area contributed by atoms with Crippen molar-refractivity contribution in [3.8, 4) is 0 Å². The lowest BCUT2D eigenvalue weighted by Gasteiger charge is -2.08. The van der Waals surface area contributed by atoms with E-state index in [1.165, 1.54) is 0 Å². The lowest BCUT2D eigenvalue weighted by molar-refractivity contribution is -0.115. The second-order valence-electron chi connectivity index (χ2n) is 5.18. The van der Waals surface area contributed by atoms with Crippen LogP contribution >= 0.6 is 11.6 Å². The summed E-state index contributed by atoms with van der Waals surface area (Å²) in [5.74, 6) is -0.289. The molecule has 0 bridgehead atoms. The molecule has 0 atom stereocenters. The number of carbonyl (C=O) groups is 2. The number of carbonyl (C=O) groups excluding carboxylic acids is 2. The highest BCUT2D eigenvalue weighted by Gasteiger charge is 2.22. The number of anilines is 2. The van der Waals surface area contributed by atoms with E-state index in [1.54, 1.807) is 30.3 Å². The number of halogens is 1. The molecule has 0 radical (unpaired) electrons. The SMILES string of the molecule is Cc1cc(N)cc(C(=O)c2cc3c(cc2Cl)NC(=O)C3)c1. The molecule has 1 aliphatic rings. The number of aryl methyl sites for hydroxylation is 1. The molecule has 21 heavy (non-hydrogen) atoms. The predicted molar refractivity (Wildman–Crippen MR) is 82.8 cm³/mol. The van der Waals surface area contributed by atoms with Crippen molar-refractivity contribution in [3.05, 3.63) is 57.6 Å². The van der Waals surface area contributed by atoms with Crippen molar-refractivity contribution in [2.24, 2.45) is 0 Å². The number of nitrogens with two attached hydrogens (primary N) is 1. The number of fused-ring (bicyclic) bond motifs is 1. The van der Waals surface area contributed by atoms with Gasteiger partial charge >= 0.3 is 0 Å². The molecular formula is C16H13ClN2O2. The van der Waals surface area contributed by atoms with E-state index in [4.69, 9.17) is 17.3 Å². The third-order valence-corrected chi connectivity index (χ3v) is 3.74. The van der Waals surface area contributed by atoms with Gasteiger partial charge in [0, 0.05) is 22.5 Å². The summed E-state index contributed by atoms with van der Waals surface area (Å²) >= 11 is 6.18. The van der Waals surface area contributed by atoms with Gasteiger partial charge in [-0.05, 0) is 48.4 Å². The molecule has 2 aromatic rings. The van der Waals surface area contributed by atoms with Crippen molar-refractivity contribution < 1.29 is 9.59 Å². The van der Waals surface area contributed by atoms with Crippen LogP contribution in [0.4, 0.5) is 11.4 Å². The average molecular weight is 301 g/mol. The minimum atomic E-state index is -0.197. The summed E-state index contributed by atoms with van der Waals surface area (Å²) in [6.07, 6.45) is 0.267. The van der Waals surface area contributed by atoms with Crippen LogP contribution in [0.15, 0.2) is 30.3 Å². The van der Waals surface area contributed by atoms with Crippen LogP contribution in [0.1, 0.15) is 27.0 Å². The van der Waals surface area contributed by atoms with Crippen molar-refractivity contribution in [2.45, 2.75) is 13.3 Å². The first-order valence-corrected chi connectivity index (χ1v) is 6.86. The highest BCUT2D eigenvalue weighted by atomic mass is 35.5. The number of amides is 1. The first-order valence-electron chi connectivity index (χ1n) is 6.48. The van der Waals surface area contributed by atoms with Crippen LogP contribution in [0, 0.1) is 6.92 Å². The van der Waals surface area contributed by atoms with Gasteiger partial charge in [0.15, 0.2) is 5.78 Å². The fourth-order valence-electron chi connectivity index (χ4n) is 2.52. The van der Waals surface area contributed by atoms with E-state index in [-0.39, 0.29) is 18.1 Å². The van der Waals surface area contributed by atoms with E-state index in [0.717, 1.165) is 11.1 Å². The number of hydrogen-bond donors (Lipinski definition) is 2. The normalized spacial score (nSPS) is 13.0. The summed E-state index contributed by atoms with van der Waals surface area (Å²) in [5.41, 5.74) is 9.56. The number of benzene rings is 2. The summed E-state index contributed by atoms with van der Waals surface area (Å²) in [6, 6.07) is 8.49. The molecule has 1 aliphatic heterocycles. The molecule has 4 nitrogen and oxygen atoms in total. The van der Waals surface area contributed by atoms with E-state index in [2.05, 4.69) is 5.32 Å². The summed E-state index contributed by atoms with van der Waals surface area (Å²) in [7, 11) is 0. The van der Waals surface area contributed by atoms with Crippen molar-refractivity contribution in [1.29, 1.82) is 0 Å². The van der Waals surface area contributed by atoms with E-state index in [1.807, 2.05) is 6.92 Å². The van der Waals surface area contributed by atoms with Crippen LogP contribution in [-0.2, 0) is 11.2 Å². The summed E-state index contributed by atoms with van der Waals surface area (Å²) in [5, 5.41) is 3.03. The van der Waals surface area contributed by atoms with Crippen molar-refractivity contribution >= 4 is 34.7 Å². The zero-order valence-corrected chi connectivity index (χ0v) is 12.1. The average Bonchev–Trinajstić information content (AvgIpc) is 2.75. The zero-order chi connectivity index (χ0) is 15.1. The Morgan fingerprint density at radius 2 is 2.00 bits per heavy atom. The van der Waals surface area contributed by atoms with Gasteiger partial charge in [-0.2, -0.15) is 0 Å². The van der Waals surface area contributed by atoms with Crippen LogP contribution in [-0.4, -0.2) is 11.7 Å². The molecule has 0 saturated carbocycles. The molecule has 106 valence electrons. The van der Waals surface area contributed by atoms with Crippen LogP contribution in [0.5, 0.6) is 0 Å². The molecule has 5 heteroatoms. The van der Waals surface area contributed by atoms with Gasteiger partial charge in [-0.15, -0.1) is 0 Å². The second kappa shape index (κ2) is 4.90. The molecule has 3 N–H and O–H groups in total. The Kier molecular flexibility index (Phi) is 3.18. The van der Waals surface area contributed by atoms with Gasteiger partial charge in [-0.3, -0.25) is 9.59 Å². The molecule has 1 heterocycles. The second-order valence-corrected chi connectivity index (χ2v) is 5.58. The smallest absolute Gasteiger partial charge is 0.228 e. The summed E-state index contributed by atoms with van der Waals surface area (Å²) < 4.78 is 0. The maximum absolute atomic E-state index is 12.6. The van der Waals surface area contributed by atoms with Crippen molar-refractivity contribution in [3.63, 3.8) is 0 Å². The van der Waals surface area contributed by atoms with E-state index in [9.17, 15) is 9.59 Å². The van der Waals surface area contributed by atoms with Gasteiger partial charge in [0.2, 0.25) is 5.91 Å². The Morgan fingerprint density at radius 3 is 2.71 bits per heavy atom. The molecule has 0 unspecified atom stereocenters. The van der Waals surface area contributed by atoms with Crippen molar-refractivity contribution in [2.75, 3.05) is 11.1 Å². The topological polar surface area (TPSA) is 72.2 Å². The molecule has 0 fully saturated rings. The zero-order valence-electron chi connectivity index (χ0n) is 11.4. The maximum atomic E-state index is 12.6. The Hall–Kier alpha value is -2.33. The van der Waals surface area contributed by atoms with Gasteiger partial charge < -0.3 is 11.1 Å². The highest BCUT2D eigenvalue weighted by Crippen LogP contribution is 2.31. The van der Waals surface area contributed by atoms with Gasteiger partial charge in [-0.1, -0.05) is 11.6 Å².